The molecule has 0 bridgehead atoms. The number of nitrogens with zero attached hydrogens (tertiary/aromatic N) is 3. The molecule has 0 unspecified atom stereocenters. The molecular weight excluding hydrogens is 396 g/mol. The SMILES string of the molecule is CCOCCCNC(=O)C(C#N)=Cc1cn(Cc2ccccc2)nc1-c1cccs1. The van der Waals surface area contributed by atoms with E-state index in [0.717, 1.165) is 21.7 Å². The second-order valence-electron chi connectivity index (χ2n) is 6.57. The maximum atomic E-state index is 12.4. The number of thiophene rings is 1. The van der Waals surface area contributed by atoms with Gasteiger partial charge in [0.2, 0.25) is 0 Å². The number of benzene rings is 1. The van der Waals surface area contributed by atoms with Gasteiger partial charge in [-0.25, -0.2) is 0 Å². The van der Waals surface area contributed by atoms with E-state index in [4.69, 9.17) is 9.84 Å². The standard InChI is InChI=1S/C23H24N4O2S/c1-2-29-12-7-11-25-23(28)19(15-24)14-20-17-27(16-18-8-4-3-5-9-18)26-22(20)21-10-6-13-30-21/h3-6,8-10,13-14,17H,2,7,11-12,16H2,1H3,(H,25,28). The number of carbonyl (C=O) groups is 1. The number of nitrogens with one attached hydrogen (secondary N) is 1. The summed E-state index contributed by atoms with van der Waals surface area (Å²) in [5.41, 5.74) is 2.69. The average Bonchev–Trinajstić information content (AvgIpc) is 3.42. The molecule has 0 radical (unpaired) electrons. The van der Waals surface area contributed by atoms with E-state index in [-0.39, 0.29) is 11.5 Å². The summed E-state index contributed by atoms with van der Waals surface area (Å²) in [4.78, 5) is 13.4. The predicted octanol–water partition coefficient (Wildman–Crippen LogP) is 4.11. The maximum Gasteiger partial charge on any atom is 0.261 e. The van der Waals surface area contributed by atoms with Crippen LogP contribution < -0.4 is 5.32 Å². The van der Waals surface area contributed by atoms with Crippen LogP contribution in [0.5, 0.6) is 0 Å². The van der Waals surface area contributed by atoms with Gasteiger partial charge in [-0.2, -0.15) is 10.4 Å². The molecule has 1 amide bonds. The molecule has 0 aliphatic heterocycles. The van der Waals surface area contributed by atoms with Gasteiger partial charge in [0.15, 0.2) is 0 Å². The van der Waals surface area contributed by atoms with Crippen molar-refractivity contribution in [3.63, 3.8) is 0 Å². The highest BCUT2D eigenvalue weighted by molar-refractivity contribution is 7.13. The molecule has 1 aromatic carbocycles. The van der Waals surface area contributed by atoms with Crippen molar-refractivity contribution < 1.29 is 9.53 Å². The van der Waals surface area contributed by atoms with Crippen LogP contribution in [0.4, 0.5) is 0 Å². The Morgan fingerprint density at radius 1 is 1.30 bits per heavy atom. The minimum absolute atomic E-state index is 0.0588. The molecule has 0 aliphatic carbocycles. The fourth-order valence-electron chi connectivity index (χ4n) is 2.92. The zero-order valence-electron chi connectivity index (χ0n) is 16.9. The van der Waals surface area contributed by atoms with Gasteiger partial charge in [0.25, 0.3) is 5.91 Å². The van der Waals surface area contributed by atoms with Crippen LogP contribution >= 0.6 is 11.3 Å². The Morgan fingerprint density at radius 2 is 2.13 bits per heavy atom. The highest BCUT2D eigenvalue weighted by Gasteiger charge is 2.15. The van der Waals surface area contributed by atoms with Crippen molar-refractivity contribution in [3.8, 4) is 16.6 Å². The fourth-order valence-corrected chi connectivity index (χ4v) is 3.65. The van der Waals surface area contributed by atoms with Gasteiger partial charge in [0, 0.05) is 31.5 Å². The van der Waals surface area contributed by atoms with Gasteiger partial charge in [-0.1, -0.05) is 36.4 Å². The van der Waals surface area contributed by atoms with Crippen molar-refractivity contribution in [2.75, 3.05) is 19.8 Å². The van der Waals surface area contributed by atoms with Crippen LogP contribution in [0, 0.1) is 11.3 Å². The third kappa shape index (κ3) is 5.89. The molecule has 3 aromatic rings. The number of ether oxygens (including phenoxy) is 1. The number of aromatic nitrogens is 2. The quantitative estimate of drug-likeness (QED) is 0.304. The summed E-state index contributed by atoms with van der Waals surface area (Å²) in [6.07, 6.45) is 4.19. The molecule has 2 aromatic heterocycles. The minimum Gasteiger partial charge on any atom is -0.382 e. The number of nitriles is 1. The van der Waals surface area contributed by atoms with E-state index in [9.17, 15) is 10.1 Å². The molecule has 0 atom stereocenters. The first-order valence-electron chi connectivity index (χ1n) is 9.84. The van der Waals surface area contributed by atoms with Crippen molar-refractivity contribution in [2.45, 2.75) is 19.9 Å². The van der Waals surface area contributed by atoms with E-state index in [0.29, 0.717) is 32.7 Å². The molecule has 6 nitrogen and oxygen atoms in total. The van der Waals surface area contributed by atoms with Crippen LogP contribution in [0.2, 0.25) is 0 Å². The number of hydrogen-bond acceptors (Lipinski definition) is 5. The molecule has 0 fully saturated rings. The summed E-state index contributed by atoms with van der Waals surface area (Å²) in [7, 11) is 0. The fraction of sp³-hybridized carbons (Fsp3) is 0.261. The van der Waals surface area contributed by atoms with E-state index in [1.54, 1.807) is 17.4 Å². The Hall–Kier alpha value is -3.21. The van der Waals surface area contributed by atoms with Gasteiger partial charge in [-0.05, 0) is 36.4 Å². The van der Waals surface area contributed by atoms with Gasteiger partial charge in [-0.15, -0.1) is 11.3 Å². The first-order chi connectivity index (χ1) is 14.7. The van der Waals surface area contributed by atoms with Crippen molar-refractivity contribution in [1.82, 2.24) is 15.1 Å². The molecule has 7 heteroatoms. The van der Waals surface area contributed by atoms with E-state index in [1.165, 1.54) is 0 Å². The van der Waals surface area contributed by atoms with Gasteiger partial charge in [0.05, 0.1) is 11.4 Å². The van der Waals surface area contributed by atoms with Crippen molar-refractivity contribution in [1.29, 1.82) is 5.26 Å². The molecule has 0 spiro atoms. The summed E-state index contributed by atoms with van der Waals surface area (Å²) in [5.74, 6) is -0.387. The largest absolute Gasteiger partial charge is 0.382 e. The summed E-state index contributed by atoms with van der Waals surface area (Å²) in [5, 5.41) is 19.0. The molecule has 0 saturated carbocycles. The van der Waals surface area contributed by atoms with Crippen LogP contribution in [-0.2, 0) is 16.1 Å². The van der Waals surface area contributed by atoms with Crippen LogP contribution in [-0.4, -0.2) is 35.4 Å². The van der Waals surface area contributed by atoms with Crippen molar-refractivity contribution >= 4 is 23.3 Å². The summed E-state index contributed by atoms with van der Waals surface area (Å²) in [6.45, 7) is 4.23. The Balaban J connectivity index is 1.81. The molecular formula is C23H24N4O2S. The molecule has 30 heavy (non-hydrogen) atoms. The normalized spacial score (nSPS) is 11.3. The average molecular weight is 421 g/mol. The molecule has 154 valence electrons. The predicted molar refractivity (Wildman–Crippen MR) is 119 cm³/mol. The van der Waals surface area contributed by atoms with Gasteiger partial charge in [-0.3, -0.25) is 9.48 Å². The zero-order valence-corrected chi connectivity index (χ0v) is 17.7. The molecule has 2 heterocycles. The lowest BCUT2D eigenvalue weighted by Gasteiger charge is -2.04. The lowest BCUT2D eigenvalue weighted by Crippen LogP contribution is -2.26. The van der Waals surface area contributed by atoms with Crippen LogP contribution in [0.3, 0.4) is 0 Å². The Labute approximate surface area is 180 Å². The number of amides is 1. The molecule has 0 saturated heterocycles. The summed E-state index contributed by atoms with van der Waals surface area (Å²) >= 11 is 1.57. The second-order valence-corrected chi connectivity index (χ2v) is 7.52. The van der Waals surface area contributed by atoms with E-state index >= 15 is 0 Å². The van der Waals surface area contributed by atoms with Gasteiger partial charge >= 0.3 is 0 Å². The van der Waals surface area contributed by atoms with E-state index in [2.05, 4.69) is 5.32 Å². The second kappa shape index (κ2) is 11.1. The molecule has 3 rings (SSSR count). The van der Waals surface area contributed by atoms with Crippen molar-refractivity contribution in [2.24, 2.45) is 0 Å². The lowest BCUT2D eigenvalue weighted by atomic mass is 10.1. The van der Waals surface area contributed by atoms with Crippen LogP contribution in [0.25, 0.3) is 16.6 Å². The minimum atomic E-state index is -0.387. The topological polar surface area (TPSA) is 79.9 Å². The third-order valence-corrected chi connectivity index (χ3v) is 5.23. The van der Waals surface area contributed by atoms with Crippen LogP contribution in [0.15, 0.2) is 59.6 Å². The van der Waals surface area contributed by atoms with Crippen LogP contribution in [0.1, 0.15) is 24.5 Å². The first-order valence-corrected chi connectivity index (χ1v) is 10.7. The Bertz CT molecular complexity index is 1020. The molecule has 1 N–H and O–H groups in total. The van der Waals surface area contributed by atoms with Crippen molar-refractivity contribution in [3.05, 3.63) is 70.7 Å². The monoisotopic (exact) mass is 420 g/mol. The molecule has 0 aliphatic rings. The third-order valence-electron chi connectivity index (χ3n) is 4.35. The van der Waals surface area contributed by atoms with Gasteiger partial charge in [0.1, 0.15) is 17.3 Å². The Kier molecular flexibility index (Phi) is 7.95. The number of rotatable bonds is 10. The summed E-state index contributed by atoms with van der Waals surface area (Å²) in [6, 6.07) is 16.0. The number of carbonyl (C=O) groups excluding carboxylic acids is 1. The van der Waals surface area contributed by atoms with E-state index < -0.39 is 0 Å². The first kappa shape index (κ1) is 21.5. The maximum absolute atomic E-state index is 12.4. The summed E-state index contributed by atoms with van der Waals surface area (Å²) < 4.78 is 7.10. The Morgan fingerprint density at radius 3 is 2.83 bits per heavy atom. The highest BCUT2D eigenvalue weighted by atomic mass is 32.1. The van der Waals surface area contributed by atoms with Gasteiger partial charge < -0.3 is 10.1 Å². The zero-order chi connectivity index (χ0) is 21.2. The smallest absolute Gasteiger partial charge is 0.261 e. The lowest BCUT2D eigenvalue weighted by molar-refractivity contribution is -0.117. The number of hydrogen-bond donors (Lipinski definition) is 1. The van der Waals surface area contributed by atoms with E-state index in [1.807, 2.05) is 71.7 Å². The highest BCUT2D eigenvalue weighted by Crippen LogP contribution is 2.28.